The minimum Gasteiger partial charge on any atom is -0.366 e. The lowest BCUT2D eigenvalue weighted by atomic mass is 10.2. The topological polar surface area (TPSA) is 84.6 Å². The van der Waals surface area contributed by atoms with Crippen molar-refractivity contribution < 1.29 is 14.0 Å². The molecular weight excluding hydrogens is 365 g/mol. The van der Waals surface area contributed by atoms with E-state index in [0.717, 1.165) is 11.8 Å². The Morgan fingerprint density at radius 1 is 1.24 bits per heavy atom. The normalized spacial score (nSPS) is 17.1. The van der Waals surface area contributed by atoms with Gasteiger partial charge in [0.1, 0.15) is 5.82 Å². The molecule has 1 aliphatic rings. The third-order valence-electron chi connectivity index (χ3n) is 3.32. The van der Waals surface area contributed by atoms with Crippen LogP contribution in [0, 0.1) is 5.82 Å². The Kier molecular flexibility index (Phi) is 4.87. The lowest BCUT2D eigenvalue weighted by molar-refractivity contribution is -0.115. The molecule has 0 saturated carbocycles. The zero-order valence-electron chi connectivity index (χ0n) is 12.6. The molecule has 25 heavy (non-hydrogen) atoms. The number of amides is 2. The molecule has 3 N–H and O–H groups in total. The first-order valence-corrected chi connectivity index (χ1v) is 8.27. The highest BCUT2D eigenvalue weighted by Crippen LogP contribution is 2.31. The predicted octanol–water partition coefficient (Wildman–Crippen LogP) is 3.47. The summed E-state index contributed by atoms with van der Waals surface area (Å²) in [6.45, 7) is 0. The van der Waals surface area contributed by atoms with Gasteiger partial charge in [0.25, 0.3) is 11.8 Å². The average Bonchev–Trinajstić information content (AvgIpc) is 2.91. The number of hydrogen-bond donors (Lipinski definition) is 2. The van der Waals surface area contributed by atoms with Crippen molar-refractivity contribution >= 4 is 52.1 Å². The van der Waals surface area contributed by atoms with E-state index in [-0.39, 0.29) is 26.2 Å². The molecule has 0 radical (unpaired) electrons. The summed E-state index contributed by atoms with van der Waals surface area (Å²) in [4.78, 5) is 28.0. The summed E-state index contributed by atoms with van der Waals surface area (Å²) in [5.74, 6) is -1.58. The molecule has 5 nitrogen and oxygen atoms in total. The molecule has 0 bridgehead atoms. The van der Waals surface area contributed by atoms with Gasteiger partial charge in [0.15, 0.2) is 5.17 Å². The Balaban J connectivity index is 1.94. The van der Waals surface area contributed by atoms with Crippen molar-refractivity contribution in [2.24, 2.45) is 10.7 Å². The van der Waals surface area contributed by atoms with Gasteiger partial charge in [-0.15, -0.1) is 0 Å². The van der Waals surface area contributed by atoms with Crippen LogP contribution in [-0.4, -0.2) is 17.0 Å². The smallest absolute Gasteiger partial charge is 0.264 e. The number of benzene rings is 2. The third-order valence-corrected chi connectivity index (χ3v) is 4.56. The first kappa shape index (κ1) is 17.2. The van der Waals surface area contributed by atoms with Crippen molar-refractivity contribution in [3.05, 3.63) is 69.3 Å². The third kappa shape index (κ3) is 3.72. The number of thioether (sulfide) groups is 1. The Morgan fingerprint density at radius 2 is 2.00 bits per heavy atom. The van der Waals surface area contributed by atoms with Gasteiger partial charge in [0.05, 0.1) is 21.2 Å². The first-order valence-electron chi connectivity index (χ1n) is 7.08. The van der Waals surface area contributed by atoms with Crippen LogP contribution in [0.3, 0.4) is 0 Å². The zero-order valence-corrected chi connectivity index (χ0v) is 14.2. The highest BCUT2D eigenvalue weighted by Gasteiger charge is 2.25. The van der Waals surface area contributed by atoms with Crippen molar-refractivity contribution in [3.63, 3.8) is 0 Å². The highest BCUT2D eigenvalue weighted by atomic mass is 35.5. The zero-order chi connectivity index (χ0) is 18.0. The highest BCUT2D eigenvalue weighted by molar-refractivity contribution is 8.18. The second-order valence-corrected chi connectivity index (χ2v) is 6.44. The Bertz CT molecular complexity index is 923. The van der Waals surface area contributed by atoms with Crippen LogP contribution in [0.15, 0.2) is 52.4 Å². The molecule has 0 aromatic heterocycles. The van der Waals surface area contributed by atoms with Crippen molar-refractivity contribution in [1.29, 1.82) is 0 Å². The van der Waals surface area contributed by atoms with E-state index in [0.29, 0.717) is 5.69 Å². The van der Waals surface area contributed by atoms with Gasteiger partial charge < -0.3 is 11.1 Å². The van der Waals surface area contributed by atoms with Crippen LogP contribution in [0.5, 0.6) is 0 Å². The second-order valence-electron chi connectivity index (χ2n) is 5.00. The molecular formula is C17H11ClFN3O2S. The number of nitrogens with zero attached hydrogens (tertiary/aromatic N) is 1. The number of nitrogens with one attached hydrogen (secondary N) is 1. The van der Waals surface area contributed by atoms with E-state index in [2.05, 4.69) is 10.3 Å². The minimum absolute atomic E-state index is 0.126. The number of rotatable bonds is 3. The molecule has 8 heteroatoms. The molecule has 0 aliphatic carbocycles. The lowest BCUT2D eigenvalue weighted by Crippen LogP contribution is -2.19. The summed E-state index contributed by atoms with van der Waals surface area (Å²) < 4.78 is 13.9. The van der Waals surface area contributed by atoms with E-state index in [9.17, 15) is 14.0 Å². The SMILES string of the molecule is NC(=O)c1ccccc1N=C1NC(=O)/C(=C/c2c(F)cccc2Cl)S1. The van der Waals surface area contributed by atoms with Crippen LogP contribution in [0.4, 0.5) is 10.1 Å². The van der Waals surface area contributed by atoms with Gasteiger partial charge in [-0.05, 0) is 42.1 Å². The van der Waals surface area contributed by atoms with Crippen LogP contribution in [0.25, 0.3) is 6.08 Å². The van der Waals surface area contributed by atoms with E-state index in [4.69, 9.17) is 17.3 Å². The fourth-order valence-electron chi connectivity index (χ4n) is 2.15. The molecule has 0 spiro atoms. The quantitative estimate of drug-likeness (QED) is 0.805. The van der Waals surface area contributed by atoms with E-state index in [1.807, 2.05) is 0 Å². The van der Waals surface area contributed by atoms with Crippen LogP contribution >= 0.6 is 23.4 Å². The molecule has 0 atom stereocenters. The lowest BCUT2D eigenvalue weighted by Gasteiger charge is -2.01. The first-order chi connectivity index (χ1) is 12.0. The van der Waals surface area contributed by atoms with Crippen molar-refractivity contribution in [2.75, 3.05) is 0 Å². The summed E-state index contributed by atoms with van der Waals surface area (Å²) in [5, 5.41) is 3.03. The largest absolute Gasteiger partial charge is 0.366 e. The standard InChI is InChI=1S/C17H11ClFN3O2S/c18-11-5-3-6-12(19)10(11)8-14-16(24)22-17(25-14)21-13-7-2-1-4-9(13)15(20)23/h1-8H,(H2,20,23)(H,21,22,24)/b14-8-. The Labute approximate surface area is 151 Å². The van der Waals surface area contributed by atoms with Crippen LogP contribution in [0.2, 0.25) is 5.02 Å². The molecule has 2 aromatic rings. The van der Waals surface area contributed by atoms with Crippen molar-refractivity contribution in [2.45, 2.75) is 0 Å². The monoisotopic (exact) mass is 375 g/mol. The molecule has 1 fully saturated rings. The molecule has 126 valence electrons. The van der Waals surface area contributed by atoms with Crippen LogP contribution in [-0.2, 0) is 4.79 Å². The number of amidine groups is 1. The number of primary amides is 1. The second kappa shape index (κ2) is 7.08. The summed E-state index contributed by atoms with van der Waals surface area (Å²) in [6, 6.07) is 10.8. The Morgan fingerprint density at radius 3 is 2.72 bits per heavy atom. The van der Waals surface area contributed by atoms with Gasteiger partial charge in [0, 0.05) is 5.56 Å². The number of hydrogen-bond acceptors (Lipinski definition) is 4. The molecule has 1 aliphatic heterocycles. The summed E-state index contributed by atoms with van der Waals surface area (Å²) in [7, 11) is 0. The van der Waals surface area contributed by atoms with Crippen molar-refractivity contribution in [3.8, 4) is 0 Å². The van der Waals surface area contributed by atoms with Gasteiger partial charge in [-0.1, -0.05) is 29.8 Å². The number of carbonyl (C=O) groups is 2. The number of carbonyl (C=O) groups excluding carboxylic acids is 2. The maximum absolute atomic E-state index is 13.9. The van der Waals surface area contributed by atoms with E-state index < -0.39 is 17.6 Å². The van der Waals surface area contributed by atoms with Gasteiger partial charge in [0.2, 0.25) is 0 Å². The summed E-state index contributed by atoms with van der Waals surface area (Å²) >= 11 is 6.99. The van der Waals surface area contributed by atoms with E-state index >= 15 is 0 Å². The van der Waals surface area contributed by atoms with Crippen LogP contribution in [0.1, 0.15) is 15.9 Å². The Hall–Kier alpha value is -2.64. The molecule has 0 unspecified atom stereocenters. The van der Waals surface area contributed by atoms with E-state index in [1.165, 1.54) is 24.3 Å². The number of aliphatic imine (C=N–C) groups is 1. The molecule has 2 amide bonds. The fourth-order valence-corrected chi connectivity index (χ4v) is 3.18. The number of halogens is 2. The maximum Gasteiger partial charge on any atom is 0.264 e. The van der Waals surface area contributed by atoms with Gasteiger partial charge >= 0.3 is 0 Å². The molecule has 2 aromatic carbocycles. The summed E-state index contributed by atoms with van der Waals surface area (Å²) in [5.41, 5.74) is 6.01. The molecule has 3 rings (SSSR count). The maximum atomic E-state index is 13.9. The number of para-hydroxylation sites is 1. The predicted molar refractivity (Wildman–Crippen MR) is 97.2 cm³/mol. The molecule has 1 heterocycles. The summed E-state index contributed by atoms with van der Waals surface area (Å²) in [6.07, 6.45) is 1.36. The van der Waals surface area contributed by atoms with Gasteiger partial charge in [-0.3, -0.25) is 9.59 Å². The van der Waals surface area contributed by atoms with Crippen LogP contribution < -0.4 is 11.1 Å². The molecule has 1 saturated heterocycles. The number of nitrogens with two attached hydrogens (primary N) is 1. The minimum atomic E-state index is -0.622. The van der Waals surface area contributed by atoms with E-state index in [1.54, 1.807) is 24.3 Å². The average molecular weight is 376 g/mol. The van der Waals surface area contributed by atoms with Crippen molar-refractivity contribution in [1.82, 2.24) is 5.32 Å². The fraction of sp³-hybridized carbons (Fsp3) is 0. The van der Waals surface area contributed by atoms with Gasteiger partial charge in [-0.25, -0.2) is 9.38 Å². The van der Waals surface area contributed by atoms with Gasteiger partial charge in [-0.2, -0.15) is 0 Å².